The summed E-state index contributed by atoms with van der Waals surface area (Å²) in [6, 6.07) is 5.62. The zero-order chi connectivity index (χ0) is 11.5. The van der Waals surface area contributed by atoms with E-state index in [0.29, 0.717) is 29.6 Å². The molecule has 0 amide bonds. The quantitative estimate of drug-likeness (QED) is 0.946. The Morgan fingerprint density at radius 1 is 1.44 bits per heavy atom. The highest BCUT2D eigenvalue weighted by Crippen LogP contribution is 2.30. The number of aromatic nitrogens is 1. The van der Waals surface area contributed by atoms with Gasteiger partial charge in [-0.3, -0.25) is 0 Å². The van der Waals surface area contributed by atoms with Gasteiger partial charge in [-0.15, -0.1) is 0 Å². The van der Waals surface area contributed by atoms with E-state index in [-0.39, 0.29) is 0 Å². The van der Waals surface area contributed by atoms with Gasteiger partial charge in [0.2, 0.25) is 0 Å². The Labute approximate surface area is 107 Å². The maximum absolute atomic E-state index is 6.11. The molecule has 0 unspecified atom stereocenters. The second-order valence-electron chi connectivity index (χ2n) is 3.28. The summed E-state index contributed by atoms with van der Waals surface area (Å²) in [6.45, 7) is 0.522. The van der Waals surface area contributed by atoms with Crippen LogP contribution in [0.25, 0.3) is 11.3 Å². The van der Waals surface area contributed by atoms with E-state index >= 15 is 0 Å². The van der Waals surface area contributed by atoms with Crippen molar-refractivity contribution < 1.29 is 4.42 Å². The van der Waals surface area contributed by atoms with Crippen molar-refractivity contribution >= 4 is 27.5 Å². The van der Waals surface area contributed by atoms with Crippen LogP contribution in [-0.2, 0) is 6.42 Å². The summed E-state index contributed by atoms with van der Waals surface area (Å²) in [6.07, 6.45) is 2.30. The number of hydrogen-bond acceptors (Lipinski definition) is 3. The van der Waals surface area contributed by atoms with E-state index in [1.54, 1.807) is 6.20 Å². The van der Waals surface area contributed by atoms with Crippen molar-refractivity contribution in [3.8, 4) is 11.3 Å². The summed E-state index contributed by atoms with van der Waals surface area (Å²) in [7, 11) is 0. The van der Waals surface area contributed by atoms with Crippen molar-refractivity contribution in [2.75, 3.05) is 6.54 Å². The van der Waals surface area contributed by atoms with Crippen LogP contribution < -0.4 is 5.73 Å². The molecular weight excluding hydrogens is 291 g/mol. The molecule has 0 aliphatic heterocycles. The van der Waals surface area contributed by atoms with E-state index in [4.69, 9.17) is 21.8 Å². The highest BCUT2D eigenvalue weighted by atomic mass is 79.9. The van der Waals surface area contributed by atoms with Crippen molar-refractivity contribution in [3.05, 3.63) is 39.8 Å². The van der Waals surface area contributed by atoms with Gasteiger partial charge in [-0.25, -0.2) is 4.98 Å². The molecule has 5 heteroatoms. The van der Waals surface area contributed by atoms with E-state index in [1.807, 2.05) is 18.2 Å². The summed E-state index contributed by atoms with van der Waals surface area (Å²) in [5.74, 6) is 1.30. The second kappa shape index (κ2) is 4.99. The van der Waals surface area contributed by atoms with Gasteiger partial charge >= 0.3 is 0 Å². The van der Waals surface area contributed by atoms with Crippen LogP contribution >= 0.6 is 27.5 Å². The summed E-state index contributed by atoms with van der Waals surface area (Å²) in [5.41, 5.74) is 6.26. The highest BCUT2D eigenvalue weighted by Gasteiger charge is 2.09. The Morgan fingerprint density at radius 3 is 2.94 bits per heavy atom. The van der Waals surface area contributed by atoms with Crippen LogP contribution in [0.1, 0.15) is 5.89 Å². The number of rotatable bonds is 3. The molecule has 0 saturated heterocycles. The van der Waals surface area contributed by atoms with Crippen molar-refractivity contribution in [1.29, 1.82) is 0 Å². The fourth-order valence-electron chi connectivity index (χ4n) is 1.36. The van der Waals surface area contributed by atoms with E-state index < -0.39 is 0 Å². The normalized spacial score (nSPS) is 10.7. The molecule has 0 aliphatic carbocycles. The first kappa shape index (κ1) is 11.6. The van der Waals surface area contributed by atoms with Gasteiger partial charge in [-0.05, 0) is 18.2 Å². The molecule has 0 radical (unpaired) electrons. The molecular formula is C11H10BrClN2O. The molecule has 84 valence electrons. The average Bonchev–Trinajstić information content (AvgIpc) is 2.67. The highest BCUT2D eigenvalue weighted by molar-refractivity contribution is 9.10. The van der Waals surface area contributed by atoms with Crippen LogP contribution in [0.3, 0.4) is 0 Å². The lowest BCUT2D eigenvalue weighted by Gasteiger charge is -2.00. The molecule has 2 rings (SSSR count). The van der Waals surface area contributed by atoms with E-state index in [2.05, 4.69) is 20.9 Å². The lowest BCUT2D eigenvalue weighted by molar-refractivity contribution is 0.508. The van der Waals surface area contributed by atoms with Crippen molar-refractivity contribution in [2.24, 2.45) is 5.73 Å². The molecule has 0 spiro atoms. The van der Waals surface area contributed by atoms with Gasteiger partial charge < -0.3 is 10.2 Å². The predicted octanol–water partition coefficient (Wildman–Crippen LogP) is 3.26. The van der Waals surface area contributed by atoms with Gasteiger partial charge in [0.15, 0.2) is 11.7 Å². The lowest BCUT2D eigenvalue weighted by atomic mass is 10.2. The third kappa shape index (κ3) is 2.45. The smallest absolute Gasteiger partial charge is 0.196 e. The van der Waals surface area contributed by atoms with Crippen molar-refractivity contribution in [2.45, 2.75) is 6.42 Å². The molecule has 3 nitrogen and oxygen atoms in total. The average molecular weight is 302 g/mol. The van der Waals surface area contributed by atoms with Crippen LogP contribution in [-0.4, -0.2) is 11.5 Å². The van der Waals surface area contributed by atoms with E-state index in [1.165, 1.54) is 0 Å². The molecule has 1 aromatic carbocycles. The minimum absolute atomic E-state index is 0.522. The lowest BCUT2D eigenvalue weighted by Crippen LogP contribution is -2.02. The zero-order valence-electron chi connectivity index (χ0n) is 8.41. The standard InChI is InChI=1S/C11H10BrClN2O/c12-7-1-2-8(9(13)5-7)10-6-15-11(16-10)3-4-14/h1-2,5-6H,3-4,14H2. The van der Waals surface area contributed by atoms with Gasteiger partial charge in [-0.1, -0.05) is 27.5 Å². The number of oxazole rings is 1. The van der Waals surface area contributed by atoms with Crippen LogP contribution in [0.15, 0.2) is 33.3 Å². The summed E-state index contributed by atoms with van der Waals surface area (Å²) < 4.78 is 6.47. The van der Waals surface area contributed by atoms with Gasteiger partial charge in [0, 0.05) is 23.0 Å². The minimum atomic E-state index is 0.522. The second-order valence-corrected chi connectivity index (χ2v) is 4.60. The SMILES string of the molecule is NCCc1ncc(-c2ccc(Br)cc2Cl)o1. The zero-order valence-corrected chi connectivity index (χ0v) is 10.8. The number of nitrogens with zero attached hydrogens (tertiary/aromatic N) is 1. The van der Waals surface area contributed by atoms with Gasteiger partial charge in [0.05, 0.1) is 11.2 Å². The molecule has 0 atom stereocenters. The number of nitrogens with two attached hydrogens (primary N) is 1. The van der Waals surface area contributed by atoms with Gasteiger partial charge in [-0.2, -0.15) is 0 Å². The third-order valence-electron chi connectivity index (χ3n) is 2.11. The first-order valence-corrected chi connectivity index (χ1v) is 5.98. The molecule has 2 aromatic rings. The van der Waals surface area contributed by atoms with Crippen LogP contribution in [0.5, 0.6) is 0 Å². The molecule has 1 aromatic heterocycles. The Bertz CT molecular complexity index is 498. The molecule has 0 aliphatic rings. The Morgan fingerprint density at radius 2 is 2.25 bits per heavy atom. The number of benzene rings is 1. The summed E-state index contributed by atoms with van der Waals surface area (Å²) >= 11 is 9.46. The molecule has 0 fully saturated rings. The fourth-order valence-corrected chi connectivity index (χ4v) is 2.13. The predicted molar refractivity (Wildman–Crippen MR) is 67.4 cm³/mol. The maximum Gasteiger partial charge on any atom is 0.196 e. The van der Waals surface area contributed by atoms with E-state index in [0.717, 1.165) is 10.0 Å². The third-order valence-corrected chi connectivity index (χ3v) is 2.91. The topological polar surface area (TPSA) is 52.0 Å². The van der Waals surface area contributed by atoms with Gasteiger partial charge in [0.1, 0.15) is 0 Å². The number of halogens is 2. The maximum atomic E-state index is 6.11. The molecule has 0 bridgehead atoms. The Hall–Kier alpha value is -0.840. The fraction of sp³-hybridized carbons (Fsp3) is 0.182. The number of hydrogen-bond donors (Lipinski definition) is 1. The minimum Gasteiger partial charge on any atom is -0.441 e. The van der Waals surface area contributed by atoms with E-state index in [9.17, 15) is 0 Å². The Kier molecular flexibility index (Phi) is 3.63. The van der Waals surface area contributed by atoms with Gasteiger partial charge in [0.25, 0.3) is 0 Å². The van der Waals surface area contributed by atoms with Crippen molar-refractivity contribution in [1.82, 2.24) is 4.98 Å². The largest absolute Gasteiger partial charge is 0.441 e. The first-order chi connectivity index (χ1) is 7.70. The summed E-state index contributed by atoms with van der Waals surface area (Å²) in [5, 5.41) is 0.629. The molecule has 1 heterocycles. The first-order valence-electron chi connectivity index (χ1n) is 4.81. The molecule has 16 heavy (non-hydrogen) atoms. The Balaban J connectivity index is 2.35. The van der Waals surface area contributed by atoms with Crippen LogP contribution in [0.4, 0.5) is 0 Å². The van der Waals surface area contributed by atoms with Crippen LogP contribution in [0, 0.1) is 0 Å². The summed E-state index contributed by atoms with van der Waals surface area (Å²) in [4.78, 5) is 4.13. The molecule has 2 N–H and O–H groups in total. The van der Waals surface area contributed by atoms with Crippen molar-refractivity contribution in [3.63, 3.8) is 0 Å². The monoisotopic (exact) mass is 300 g/mol. The van der Waals surface area contributed by atoms with Crippen LogP contribution in [0.2, 0.25) is 5.02 Å². The molecule has 0 saturated carbocycles.